The zero-order chi connectivity index (χ0) is 17.6. The molecule has 0 spiro atoms. The predicted molar refractivity (Wildman–Crippen MR) is 98.1 cm³/mol. The van der Waals surface area contributed by atoms with Crippen molar-refractivity contribution in [3.05, 3.63) is 71.8 Å². The van der Waals surface area contributed by atoms with E-state index in [1.54, 1.807) is 17.0 Å². The van der Waals surface area contributed by atoms with Crippen LogP contribution in [0, 0.1) is 0 Å². The van der Waals surface area contributed by atoms with Gasteiger partial charge >= 0.3 is 0 Å². The molecule has 2 amide bonds. The summed E-state index contributed by atoms with van der Waals surface area (Å²) >= 11 is 0. The van der Waals surface area contributed by atoms with Crippen LogP contribution in [0.1, 0.15) is 48.1 Å². The Balaban J connectivity index is 1.72. The highest BCUT2D eigenvalue weighted by Crippen LogP contribution is 2.21. The minimum absolute atomic E-state index is 0.0622. The molecule has 0 aliphatic carbocycles. The van der Waals surface area contributed by atoms with E-state index >= 15 is 0 Å². The van der Waals surface area contributed by atoms with E-state index in [0.717, 1.165) is 18.4 Å². The zero-order valence-electron chi connectivity index (χ0n) is 14.5. The number of carbonyl (C=O) groups is 2. The number of carbonyl (C=O) groups excluding carboxylic acids is 2. The first kappa shape index (κ1) is 17.2. The standard InChI is InChI=1S/C21H24N2O2/c1-16(17-10-4-2-5-11-17)22-20(24)19-14-8-9-15-23(19)21(25)18-12-6-3-7-13-18/h2-7,10-13,16,19H,8-9,14-15H2,1H3,(H,22,24). The molecule has 0 saturated carbocycles. The lowest BCUT2D eigenvalue weighted by Crippen LogP contribution is -2.52. The third-order valence-corrected chi connectivity index (χ3v) is 4.75. The number of benzene rings is 2. The fraction of sp³-hybridized carbons (Fsp3) is 0.333. The van der Waals surface area contributed by atoms with E-state index in [1.807, 2.05) is 55.5 Å². The number of likely N-dealkylation sites (tertiary alicyclic amines) is 1. The van der Waals surface area contributed by atoms with Crippen LogP contribution in [0.15, 0.2) is 60.7 Å². The van der Waals surface area contributed by atoms with Crippen molar-refractivity contribution in [3.8, 4) is 0 Å². The van der Waals surface area contributed by atoms with Gasteiger partial charge in [0.2, 0.25) is 5.91 Å². The molecule has 1 saturated heterocycles. The molecule has 2 aromatic carbocycles. The molecule has 1 aliphatic heterocycles. The van der Waals surface area contributed by atoms with Gasteiger partial charge in [-0.3, -0.25) is 9.59 Å². The van der Waals surface area contributed by atoms with E-state index < -0.39 is 6.04 Å². The lowest BCUT2D eigenvalue weighted by atomic mass is 9.99. The van der Waals surface area contributed by atoms with Gasteiger partial charge in [-0.1, -0.05) is 48.5 Å². The van der Waals surface area contributed by atoms with Gasteiger partial charge < -0.3 is 10.2 Å². The third-order valence-electron chi connectivity index (χ3n) is 4.75. The molecule has 4 nitrogen and oxygen atoms in total. The van der Waals surface area contributed by atoms with Crippen LogP contribution >= 0.6 is 0 Å². The molecule has 2 atom stereocenters. The summed E-state index contributed by atoms with van der Waals surface area (Å²) < 4.78 is 0. The highest BCUT2D eigenvalue weighted by atomic mass is 16.2. The van der Waals surface area contributed by atoms with E-state index in [0.29, 0.717) is 18.5 Å². The average molecular weight is 336 g/mol. The van der Waals surface area contributed by atoms with Crippen LogP contribution < -0.4 is 5.32 Å². The molecule has 0 radical (unpaired) electrons. The van der Waals surface area contributed by atoms with Crippen LogP contribution in [-0.4, -0.2) is 29.3 Å². The highest BCUT2D eigenvalue weighted by molar-refractivity contribution is 5.97. The van der Waals surface area contributed by atoms with Crippen molar-refractivity contribution in [3.63, 3.8) is 0 Å². The Morgan fingerprint density at radius 3 is 2.32 bits per heavy atom. The molecule has 0 aromatic heterocycles. The fourth-order valence-electron chi connectivity index (χ4n) is 3.33. The van der Waals surface area contributed by atoms with E-state index in [-0.39, 0.29) is 17.9 Å². The molecule has 3 rings (SSSR count). The second-order valence-corrected chi connectivity index (χ2v) is 6.52. The summed E-state index contributed by atoms with van der Waals surface area (Å²) in [4.78, 5) is 27.4. The van der Waals surface area contributed by atoms with Gasteiger partial charge in [0.15, 0.2) is 0 Å². The second-order valence-electron chi connectivity index (χ2n) is 6.52. The van der Waals surface area contributed by atoms with Crippen molar-refractivity contribution in [2.45, 2.75) is 38.3 Å². The molecule has 0 bridgehead atoms. The molecule has 25 heavy (non-hydrogen) atoms. The summed E-state index contributed by atoms with van der Waals surface area (Å²) in [6.45, 7) is 2.60. The average Bonchev–Trinajstić information content (AvgIpc) is 2.68. The molecule has 2 aromatic rings. The lowest BCUT2D eigenvalue weighted by Gasteiger charge is -2.35. The SMILES string of the molecule is CC(NC(=O)C1CCCCN1C(=O)c1ccccc1)c1ccccc1. The molecule has 2 unspecified atom stereocenters. The van der Waals surface area contributed by atoms with Crippen molar-refractivity contribution in [1.29, 1.82) is 0 Å². The van der Waals surface area contributed by atoms with Crippen LogP contribution in [0.3, 0.4) is 0 Å². The first-order valence-electron chi connectivity index (χ1n) is 8.88. The summed E-state index contributed by atoms with van der Waals surface area (Å²) in [5.74, 6) is -0.131. The van der Waals surface area contributed by atoms with Gasteiger partial charge in [0.1, 0.15) is 6.04 Å². The van der Waals surface area contributed by atoms with Gasteiger partial charge in [-0.25, -0.2) is 0 Å². The van der Waals surface area contributed by atoms with Gasteiger partial charge in [-0.05, 0) is 43.9 Å². The monoisotopic (exact) mass is 336 g/mol. The Morgan fingerprint density at radius 2 is 1.64 bits per heavy atom. The Morgan fingerprint density at radius 1 is 1.00 bits per heavy atom. The predicted octanol–water partition coefficient (Wildman–Crippen LogP) is 3.56. The van der Waals surface area contributed by atoms with Gasteiger partial charge in [0, 0.05) is 12.1 Å². The van der Waals surface area contributed by atoms with Crippen molar-refractivity contribution >= 4 is 11.8 Å². The molecule has 1 aliphatic rings. The quantitative estimate of drug-likeness (QED) is 0.928. The maximum Gasteiger partial charge on any atom is 0.254 e. The van der Waals surface area contributed by atoms with Crippen LogP contribution in [0.4, 0.5) is 0 Å². The highest BCUT2D eigenvalue weighted by Gasteiger charge is 2.33. The normalized spacial score (nSPS) is 18.4. The molecule has 130 valence electrons. The summed E-state index contributed by atoms with van der Waals surface area (Å²) in [6, 6.07) is 18.6. The number of nitrogens with one attached hydrogen (secondary N) is 1. The van der Waals surface area contributed by atoms with Gasteiger partial charge in [0.25, 0.3) is 5.91 Å². The maximum absolute atomic E-state index is 12.8. The van der Waals surface area contributed by atoms with Crippen LogP contribution in [0.25, 0.3) is 0 Å². The molecule has 1 heterocycles. The molecule has 4 heteroatoms. The topological polar surface area (TPSA) is 49.4 Å². The van der Waals surface area contributed by atoms with Crippen LogP contribution in [0.2, 0.25) is 0 Å². The summed E-state index contributed by atoms with van der Waals surface area (Å²) in [7, 11) is 0. The Labute approximate surface area is 148 Å². The Bertz CT molecular complexity index is 715. The number of hydrogen-bond donors (Lipinski definition) is 1. The first-order chi connectivity index (χ1) is 12.2. The van der Waals surface area contributed by atoms with Crippen molar-refractivity contribution < 1.29 is 9.59 Å². The van der Waals surface area contributed by atoms with Crippen LogP contribution in [-0.2, 0) is 4.79 Å². The van der Waals surface area contributed by atoms with E-state index in [4.69, 9.17) is 0 Å². The summed E-state index contributed by atoms with van der Waals surface area (Å²) in [6.07, 6.45) is 2.62. The number of nitrogens with zero attached hydrogens (tertiary/aromatic N) is 1. The largest absolute Gasteiger partial charge is 0.348 e. The van der Waals surface area contributed by atoms with E-state index in [2.05, 4.69) is 5.32 Å². The molecule has 1 N–H and O–H groups in total. The van der Waals surface area contributed by atoms with Crippen LogP contribution in [0.5, 0.6) is 0 Å². The smallest absolute Gasteiger partial charge is 0.254 e. The molecule has 1 fully saturated rings. The molecular weight excluding hydrogens is 312 g/mol. The summed E-state index contributed by atoms with van der Waals surface area (Å²) in [5.41, 5.74) is 1.70. The minimum Gasteiger partial charge on any atom is -0.348 e. The van der Waals surface area contributed by atoms with Crippen molar-refractivity contribution in [2.75, 3.05) is 6.54 Å². The van der Waals surface area contributed by atoms with Gasteiger partial charge in [0.05, 0.1) is 6.04 Å². The minimum atomic E-state index is -0.396. The zero-order valence-corrected chi connectivity index (χ0v) is 14.5. The number of hydrogen-bond acceptors (Lipinski definition) is 2. The summed E-state index contributed by atoms with van der Waals surface area (Å²) in [5, 5.41) is 3.07. The Hall–Kier alpha value is -2.62. The van der Waals surface area contributed by atoms with Crippen molar-refractivity contribution in [2.24, 2.45) is 0 Å². The fourth-order valence-corrected chi connectivity index (χ4v) is 3.33. The first-order valence-corrected chi connectivity index (χ1v) is 8.88. The lowest BCUT2D eigenvalue weighted by molar-refractivity contribution is -0.127. The van der Waals surface area contributed by atoms with Gasteiger partial charge in [-0.15, -0.1) is 0 Å². The third kappa shape index (κ3) is 4.08. The number of rotatable bonds is 4. The Kier molecular flexibility index (Phi) is 5.49. The van der Waals surface area contributed by atoms with E-state index in [1.165, 1.54) is 0 Å². The van der Waals surface area contributed by atoms with E-state index in [9.17, 15) is 9.59 Å². The molecular formula is C21H24N2O2. The number of amides is 2. The maximum atomic E-state index is 12.8. The number of piperidine rings is 1. The van der Waals surface area contributed by atoms with Gasteiger partial charge in [-0.2, -0.15) is 0 Å². The second kappa shape index (κ2) is 7.97. The van der Waals surface area contributed by atoms with Crippen molar-refractivity contribution in [1.82, 2.24) is 10.2 Å².